The van der Waals surface area contributed by atoms with Gasteiger partial charge in [-0.3, -0.25) is 9.48 Å². The molecule has 192 valence electrons. The van der Waals surface area contributed by atoms with Gasteiger partial charge in [0.1, 0.15) is 12.0 Å². The van der Waals surface area contributed by atoms with Gasteiger partial charge in [-0.25, -0.2) is 8.78 Å². The van der Waals surface area contributed by atoms with Gasteiger partial charge in [0.15, 0.2) is 0 Å². The maximum atomic E-state index is 14.3. The Hall–Kier alpha value is -3.27. The number of hydrogen-bond donors (Lipinski definition) is 0. The smallest absolute Gasteiger partial charge is 0.229 e. The lowest BCUT2D eigenvalue weighted by molar-refractivity contribution is -0.220. The van der Waals surface area contributed by atoms with E-state index in [0.717, 1.165) is 68.8 Å². The van der Waals surface area contributed by atoms with Gasteiger partial charge in [0.2, 0.25) is 5.91 Å². The molecule has 3 aromatic rings. The van der Waals surface area contributed by atoms with Crippen LogP contribution < -0.4 is 0 Å². The first-order chi connectivity index (χ1) is 17.9. The number of unbranched alkanes of at least 4 members (excludes halogenated alkanes) is 3. The average Bonchev–Trinajstić information content (AvgIpc) is 3.44. The number of rotatable bonds is 9. The van der Waals surface area contributed by atoms with E-state index in [0.29, 0.717) is 16.5 Å². The van der Waals surface area contributed by atoms with E-state index < -0.39 is 6.17 Å². The fraction of sp³-hybridized carbons (Fsp3) is 0.500. The lowest BCUT2D eigenvalue weighted by Gasteiger charge is -2.70. The molecule has 2 unspecified atom stereocenters. The van der Waals surface area contributed by atoms with Crippen molar-refractivity contribution in [3.05, 3.63) is 65.6 Å². The van der Waals surface area contributed by atoms with Gasteiger partial charge >= 0.3 is 0 Å². The van der Waals surface area contributed by atoms with Gasteiger partial charge in [0, 0.05) is 18.4 Å². The van der Waals surface area contributed by atoms with Crippen LogP contribution in [0.1, 0.15) is 75.0 Å². The summed E-state index contributed by atoms with van der Waals surface area (Å²) < 4.78 is 30.1. The largest absolute Gasteiger partial charge is 0.332 e. The zero-order chi connectivity index (χ0) is 25.6. The van der Waals surface area contributed by atoms with Crippen LogP contribution in [0, 0.1) is 28.0 Å². The first-order valence-electron chi connectivity index (χ1n) is 13.5. The Morgan fingerprint density at radius 1 is 1.11 bits per heavy atom. The molecule has 3 saturated carbocycles. The summed E-state index contributed by atoms with van der Waals surface area (Å²) >= 11 is 0. The molecule has 7 heteroatoms. The molecule has 5 nitrogen and oxygen atoms in total. The first kappa shape index (κ1) is 24.1. The summed E-state index contributed by atoms with van der Waals surface area (Å²) in [6, 6.07) is 13.7. The van der Waals surface area contributed by atoms with Crippen molar-refractivity contribution >= 4 is 16.8 Å². The van der Waals surface area contributed by atoms with Gasteiger partial charge < -0.3 is 4.90 Å². The zero-order valence-electron chi connectivity index (χ0n) is 21.0. The van der Waals surface area contributed by atoms with Gasteiger partial charge in [0.25, 0.3) is 0 Å². The van der Waals surface area contributed by atoms with Crippen molar-refractivity contribution in [3.63, 3.8) is 0 Å². The molecule has 1 aliphatic heterocycles. The van der Waals surface area contributed by atoms with Crippen molar-refractivity contribution in [2.24, 2.45) is 10.8 Å². The lowest BCUT2D eigenvalue weighted by Crippen LogP contribution is -2.68. The van der Waals surface area contributed by atoms with Crippen LogP contribution in [0.3, 0.4) is 0 Å². The van der Waals surface area contributed by atoms with Crippen LogP contribution in [-0.4, -0.2) is 33.3 Å². The Labute approximate surface area is 216 Å². The number of nitrogens with zero attached hydrogens (tertiary/aromatic N) is 4. The number of amides is 1. The van der Waals surface area contributed by atoms with Gasteiger partial charge in [0.05, 0.1) is 41.3 Å². The molecule has 2 heterocycles. The van der Waals surface area contributed by atoms with Crippen LogP contribution in [0.15, 0.2) is 48.7 Å². The number of aryl methyl sites for hydroxylation is 1. The predicted octanol–water partition coefficient (Wildman–Crippen LogP) is 6.48. The number of likely N-dealkylation sites (tertiary alicyclic amines) is 1. The molecule has 2 atom stereocenters. The second kappa shape index (κ2) is 9.24. The summed E-state index contributed by atoms with van der Waals surface area (Å²) in [5.74, 6) is -0.263. The molecule has 7 rings (SSSR count). The van der Waals surface area contributed by atoms with Crippen molar-refractivity contribution in [2.45, 2.75) is 76.5 Å². The minimum absolute atomic E-state index is 0.0807. The molecule has 1 amide bonds. The van der Waals surface area contributed by atoms with Crippen LogP contribution in [0.2, 0.25) is 0 Å². The van der Waals surface area contributed by atoms with E-state index in [4.69, 9.17) is 5.26 Å². The standard InChI is InChI=1S/C30H32F2N4O/c31-24-7-5-6-22(13-24)27-14-25(32)17-35(27)28(37)30-18-29(19-30,20-30)10-3-1-2-4-11-36-26-9-8-21(15-33)12-23(26)16-34-36/h5-9,12-13,16,25,27H,1-4,10-11,14,17-20H2. The van der Waals surface area contributed by atoms with E-state index in [1.54, 1.807) is 17.0 Å². The third-order valence-corrected chi connectivity index (χ3v) is 8.94. The Morgan fingerprint density at radius 3 is 2.70 bits per heavy atom. The molecule has 4 fully saturated rings. The fourth-order valence-corrected chi connectivity index (χ4v) is 7.28. The third kappa shape index (κ3) is 4.31. The van der Waals surface area contributed by atoms with E-state index in [-0.39, 0.29) is 36.1 Å². The number of benzene rings is 2. The number of halogens is 2. The van der Waals surface area contributed by atoms with Gasteiger partial charge in [-0.2, -0.15) is 10.4 Å². The summed E-state index contributed by atoms with van der Waals surface area (Å²) in [4.78, 5) is 15.1. The molecule has 1 aromatic heterocycles. The summed E-state index contributed by atoms with van der Waals surface area (Å²) in [6.45, 7) is 0.996. The molecular weight excluding hydrogens is 470 g/mol. The molecule has 4 aliphatic rings. The normalized spacial score (nSPS) is 28.1. The first-order valence-corrected chi connectivity index (χ1v) is 13.5. The topological polar surface area (TPSA) is 61.9 Å². The molecule has 0 radical (unpaired) electrons. The average molecular weight is 503 g/mol. The SMILES string of the molecule is N#Cc1ccc2c(cnn2CCCCCCC23CC(C(=O)N4CC(F)CC4c4cccc(F)c4)(C2)C3)c1. The van der Waals surface area contributed by atoms with Crippen LogP contribution in [-0.2, 0) is 11.3 Å². The predicted molar refractivity (Wildman–Crippen MR) is 137 cm³/mol. The molecule has 2 bridgehead atoms. The van der Waals surface area contributed by atoms with Crippen LogP contribution in [0.4, 0.5) is 8.78 Å². The van der Waals surface area contributed by atoms with Gasteiger partial charge in [-0.05, 0) is 73.4 Å². The molecule has 0 N–H and O–H groups in total. The highest BCUT2D eigenvalue weighted by Crippen LogP contribution is 2.76. The fourth-order valence-electron chi connectivity index (χ4n) is 7.28. The maximum absolute atomic E-state index is 14.3. The van der Waals surface area contributed by atoms with E-state index in [2.05, 4.69) is 11.2 Å². The Balaban J connectivity index is 0.949. The molecule has 37 heavy (non-hydrogen) atoms. The highest BCUT2D eigenvalue weighted by atomic mass is 19.1. The number of carbonyl (C=O) groups excluding carboxylic acids is 1. The Kier molecular flexibility index (Phi) is 6.01. The maximum Gasteiger partial charge on any atom is 0.229 e. The summed E-state index contributed by atoms with van der Waals surface area (Å²) in [7, 11) is 0. The van der Waals surface area contributed by atoms with Crippen LogP contribution in [0.25, 0.3) is 10.9 Å². The van der Waals surface area contributed by atoms with E-state index in [9.17, 15) is 13.6 Å². The van der Waals surface area contributed by atoms with Crippen molar-refractivity contribution in [2.75, 3.05) is 6.54 Å². The second-order valence-corrected chi connectivity index (χ2v) is 11.6. The van der Waals surface area contributed by atoms with Gasteiger partial charge in [-0.1, -0.05) is 31.4 Å². The monoisotopic (exact) mass is 502 g/mol. The van der Waals surface area contributed by atoms with E-state index in [1.807, 2.05) is 29.1 Å². The quantitative estimate of drug-likeness (QED) is 0.315. The number of carbonyl (C=O) groups is 1. The molecule has 3 aliphatic carbocycles. The highest BCUT2D eigenvalue weighted by Gasteiger charge is 2.71. The summed E-state index contributed by atoms with van der Waals surface area (Å²) in [5, 5.41) is 14.5. The van der Waals surface area contributed by atoms with Crippen LogP contribution >= 0.6 is 0 Å². The molecule has 1 saturated heterocycles. The second-order valence-electron chi connectivity index (χ2n) is 11.6. The Bertz CT molecular complexity index is 1360. The number of nitriles is 1. The van der Waals surface area contributed by atoms with E-state index >= 15 is 0 Å². The number of aromatic nitrogens is 2. The van der Waals surface area contributed by atoms with Crippen molar-refractivity contribution in [3.8, 4) is 6.07 Å². The van der Waals surface area contributed by atoms with Crippen LogP contribution in [0.5, 0.6) is 0 Å². The van der Waals surface area contributed by atoms with Crippen molar-refractivity contribution in [1.82, 2.24) is 14.7 Å². The van der Waals surface area contributed by atoms with Crippen molar-refractivity contribution in [1.29, 1.82) is 5.26 Å². The number of fused-ring (bicyclic) bond motifs is 1. The summed E-state index contributed by atoms with van der Waals surface area (Å²) in [5.41, 5.74) is 2.42. The minimum atomic E-state index is -1.05. The highest BCUT2D eigenvalue weighted by molar-refractivity contribution is 5.87. The number of alkyl halides is 1. The van der Waals surface area contributed by atoms with Gasteiger partial charge in [-0.15, -0.1) is 0 Å². The number of hydrogen-bond acceptors (Lipinski definition) is 3. The Morgan fingerprint density at radius 2 is 1.92 bits per heavy atom. The third-order valence-electron chi connectivity index (χ3n) is 8.94. The lowest BCUT2D eigenvalue weighted by atomic mass is 9.33. The molecular formula is C30H32F2N4O. The molecule has 0 spiro atoms. The minimum Gasteiger partial charge on any atom is -0.332 e. The summed E-state index contributed by atoms with van der Waals surface area (Å²) in [6.07, 6.45) is 9.49. The zero-order valence-corrected chi connectivity index (χ0v) is 21.0. The van der Waals surface area contributed by atoms with E-state index in [1.165, 1.54) is 12.1 Å². The van der Waals surface area contributed by atoms with Crippen molar-refractivity contribution < 1.29 is 13.6 Å². The molecule has 2 aromatic carbocycles.